The van der Waals surface area contributed by atoms with E-state index >= 15 is 0 Å². The van der Waals surface area contributed by atoms with E-state index in [0.29, 0.717) is 23.7 Å². The van der Waals surface area contributed by atoms with Crippen molar-refractivity contribution in [3.63, 3.8) is 0 Å². The molecule has 0 aliphatic heterocycles. The molecule has 13 nitrogen and oxygen atoms in total. The van der Waals surface area contributed by atoms with Gasteiger partial charge in [0.25, 0.3) is 5.91 Å². The van der Waals surface area contributed by atoms with E-state index in [1.165, 1.54) is 31.3 Å². The predicted molar refractivity (Wildman–Crippen MR) is 164 cm³/mol. The molecule has 2 amide bonds. The Kier molecular flexibility index (Phi) is 12.3. The van der Waals surface area contributed by atoms with Crippen molar-refractivity contribution in [2.75, 3.05) is 30.8 Å². The Labute approximate surface area is 262 Å². The minimum absolute atomic E-state index is 0.00719. The molecular weight excluding hydrogens is 617 g/mol. The number of primary amides is 1. The summed E-state index contributed by atoms with van der Waals surface area (Å²) in [5.74, 6) is -1.29. The van der Waals surface area contributed by atoms with Crippen LogP contribution < -0.4 is 37.9 Å². The van der Waals surface area contributed by atoms with Crippen LogP contribution in [0.15, 0.2) is 53.5 Å². The summed E-state index contributed by atoms with van der Waals surface area (Å²) < 4.78 is 43.3. The van der Waals surface area contributed by atoms with Crippen LogP contribution in [0.1, 0.15) is 41.6 Å². The second-order valence-electron chi connectivity index (χ2n) is 9.71. The van der Waals surface area contributed by atoms with Crippen LogP contribution in [0.25, 0.3) is 0 Å². The van der Waals surface area contributed by atoms with Crippen molar-refractivity contribution in [1.82, 2.24) is 20.3 Å². The summed E-state index contributed by atoms with van der Waals surface area (Å²) in [4.78, 5) is 40.6. The zero-order chi connectivity index (χ0) is 33.0. The zero-order valence-electron chi connectivity index (χ0n) is 24.3. The first-order chi connectivity index (χ1) is 21.5. The third-order valence-corrected chi connectivity index (χ3v) is 6.67. The van der Waals surface area contributed by atoms with Gasteiger partial charge in [-0.25, -0.2) is 0 Å². The molecule has 3 aromatic rings. The summed E-state index contributed by atoms with van der Waals surface area (Å²) in [6.45, 7) is -1.20. The summed E-state index contributed by atoms with van der Waals surface area (Å²) in [5, 5.41) is 9.24. The third kappa shape index (κ3) is 10.8. The van der Waals surface area contributed by atoms with E-state index in [9.17, 15) is 22.8 Å². The molecule has 1 saturated carbocycles. The number of anilines is 3. The Balaban J connectivity index is 0.00000271. The Bertz CT molecular complexity index is 1450. The number of hydrogen-bond acceptors (Lipinski definition) is 10. The van der Waals surface area contributed by atoms with Crippen LogP contribution in [-0.4, -0.2) is 65.5 Å². The fourth-order valence-corrected chi connectivity index (χ4v) is 4.22. The number of carbonyl (C=O) groups is 2. The molecule has 242 valence electrons. The molecule has 17 heteroatoms. The lowest BCUT2D eigenvalue weighted by atomic mass is 10.1. The number of halogens is 4. The van der Waals surface area contributed by atoms with E-state index in [4.69, 9.17) is 27.8 Å². The Morgan fingerprint density at radius 3 is 2.29 bits per heavy atom. The average Bonchev–Trinajstić information content (AvgIpc) is 3.79. The zero-order valence-corrected chi connectivity index (χ0v) is 25.0. The molecule has 45 heavy (non-hydrogen) atoms. The van der Waals surface area contributed by atoms with Crippen molar-refractivity contribution in [2.24, 2.45) is 22.2 Å². The molecular formula is C28H34ClF3N10O3. The van der Waals surface area contributed by atoms with Gasteiger partial charge in [-0.3, -0.25) is 14.6 Å². The fraction of sp³-hybridized carbons (Fsp3) is 0.357. The number of ether oxygens (including phenoxy) is 1. The van der Waals surface area contributed by atoms with Gasteiger partial charge in [0.1, 0.15) is 6.04 Å². The number of aliphatic imine (C=N–C) groups is 1. The minimum atomic E-state index is -4.60. The van der Waals surface area contributed by atoms with Crippen molar-refractivity contribution in [1.29, 1.82) is 0 Å². The average molecular weight is 651 g/mol. The highest BCUT2D eigenvalue weighted by Crippen LogP contribution is 2.48. The molecule has 2 aromatic carbocycles. The number of alkyl halides is 3. The molecule has 0 bridgehead atoms. The van der Waals surface area contributed by atoms with Gasteiger partial charge in [0, 0.05) is 22.8 Å². The van der Waals surface area contributed by atoms with Gasteiger partial charge in [0.05, 0.1) is 11.9 Å². The normalized spacial score (nSPS) is 14.1. The van der Waals surface area contributed by atoms with E-state index in [1.54, 1.807) is 12.1 Å². The maximum absolute atomic E-state index is 12.8. The van der Waals surface area contributed by atoms with Gasteiger partial charge < -0.3 is 37.9 Å². The van der Waals surface area contributed by atoms with Crippen molar-refractivity contribution in [2.45, 2.75) is 43.4 Å². The summed E-state index contributed by atoms with van der Waals surface area (Å²) >= 11 is 6.00. The summed E-state index contributed by atoms with van der Waals surface area (Å²) in [5.41, 5.74) is 16.2. The quantitative estimate of drug-likeness (QED) is 0.0852. The molecule has 0 radical (unpaired) electrons. The monoisotopic (exact) mass is 650 g/mol. The number of aromatic nitrogens is 3. The number of hydrogen-bond donors (Lipinski definition) is 6. The first-order valence-electron chi connectivity index (χ1n) is 13.7. The minimum Gasteiger partial charge on any atom is -0.454 e. The lowest BCUT2D eigenvalue weighted by molar-refractivity contribution is -0.154. The topological polar surface area (TPSA) is 209 Å². The summed E-state index contributed by atoms with van der Waals surface area (Å²) in [6, 6.07) is 11.8. The van der Waals surface area contributed by atoms with Gasteiger partial charge in [-0.1, -0.05) is 23.7 Å². The lowest BCUT2D eigenvalue weighted by Crippen LogP contribution is -2.44. The number of amides is 2. The summed E-state index contributed by atoms with van der Waals surface area (Å²) in [6.07, 6.45) is -1.19. The molecule has 1 atom stereocenters. The number of benzene rings is 2. The number of nitrogens with two attached hydrogens (primary N) is 3. The fourth-order valence-electron chi connectivity index (χ4n) is 4.10. The van der Waals surface area contributed by atoms with Crippen LogP contribution in [0.2, 0.25) is 5.02 Å². The predicted octanol–water partition coefficient (Wildman–Crippen LogP) is 3.24. The standard InChI is InChI=1S/C27H29ClF3N9O3.CH5N/c28-18-7-5-17(6-8-18)26(11-12-26)40-24-37-23(38-25(39-24)43-14-27(29,30)31)35-19-9-3-16(4-10-19)22(42)36-20(21(33)41)2-1-13-34-15-32;1-2/h3-10,15,20H,1-2,11-14H2,(H2,32,34)(H2,33,41)(H,36,42)(H2,35,37,38,39,40);2H2,1H3. The number of carbonyl (C=O) groups excluding carboxylic acids is 2. The number of rotatable bonds is 14. The SMILES string of the molecule is CN.NC=NCCCC(NC(=O)c1ccc(Nc2nc(NC3(c4ccc(Cl)cc4)CC3)nc(OCC(F)(F)F)n2)cc1)C(N)=O. The van der Waals surface area contributed by atoms with E-state index < -0.39 is 42.2 Å². The van der Waals surface area contributed by atoms with Gasteiger partial charge in [0.2, 0.25) is 17.8 Å². The van der Waals surface area contributed by atoms with Crippen LogP contribution in [0.5, 0.6) is 6.01 Å². The van der Waals surface area contributed by atoms with Gasteiger partial charge in [-0.15, -0.1) is 0 Å². The molecule has 0 spiro atoms. The van der Waals surface area contributed by atoms with Crippen molar-refractivity contribution < 1.29 is 27.5 Å². The molecule has 0 saturated heterocycles. The first-order valence-corrected chi connectivity index (χ1v) is 14.1. The first kappa shape index (κ1) is 34.8. The van der Waals surface area contributed by atoms with Gasteiger partial charge in [-0.2, -0.15) is 28.1 Å². The molecule has 9 N–H and O–H groups in total. The molecule has 1 aromatic heterocycles. The van der Waals surface area contributed by atoms with Crippen LogP contribution in [0.3, 0.4) is 0 Å². The highest BCUT2D eigenvalue weighted by atomic mass is 35.5. The van der Waals surface area contributed by atoms with Crippen LogP contribution >= 0.6 is 11.6 Å². The highest BCUT2D eigenvalue weighted by Gasteiger charge is 2.45. The second-order valence-corrected chi connectivity index (χ2v) is 10.1. The Morgan fingerprint density at radius 1 is 1.07 bits per heavy atom. The molecule has 1 unspecified atom stereocenters. The molecule has 1 aliphatic carbocycles. The second kappa shape index (κ2) is 15.9. The lowest BCUT2D eigenvalue weighted by Gasteiger charge is -2.19. The Hall–Kier alpha value is -4.70. The maximum atomic E-state index is 12.8. The number of nitrogens with one attached hydrogen (secondary N) is 3. The molecule has 4 rings (SSSR count). The van der Waals surface area contributed by atoms with Crippen molar-refractivity contribution >= 4 is 47.3 Å². The van der Waals surface area contributed by atoms with Crippen LogP contribution in [-0.2, 0) is 10.3 Å². The largest absolute Gasteiger partial charge is 0.454 e. The Morgan fingerprint density at radius 2 is 1.71 bits per heavy atom. The van der Waals surface area contributed by atoms with E-state index in [-0.39, 0.29) is 23.9 Å². The van der Waals surface area contributed by atoms with Crippen LogP contribution in [0.4, 0.5) is 30.8 Å². The summed E-state index contributed by atoms with van der Waals surface area (Å²) in [7, 11) is 1.50. The van der Waals surface area contributed by atoms with Gasteiger partial charge in [-0.05, 0) is 74.7 Å². The van der Waals surface area contributed by atoms with Crippen molar-refractivity contribution in [3.8, 4) is 6.01 Å². The van der Waals surface area contributed by atoms with Crippen molar-refractivity contribution in [3.05, 3.63) is 64.7 Å². The molecule has 1 heterocycles. The van der Waals surface area contributed by atoms with Crippen LogP contribution in [0, 0.1) is 0 Å². The van der Waals surface area contributed by atoms with Gasteiger partial charge in [0.15, 0.2) is 6.61 Å². The smallest absolute Gasteiger partial charge is 0.422 e. The third-order valence-electron chi connectivity index (χ3n) is 6.42. The molecule has 1 fully saturated rings. The van der Waals surface area contributed by atoms with Gasteiger partial charge >= 0.3 is 12.2 Å². The number of nitrogens with zero attached hydrogens (tertiary/aromatic N) is 4. The highest BCUT2D eigenvalue weighted by molar-refractivity contribution is 6.30. The van der Waals surface area contributed by atoms with E-state index in [2.05, 4.69) is 41.6 Å². The molecule has 1 aliphatic rings. The van der Waals surface area contributed by atoms with E-state index in [1.807, 2.05) is 12.1 Å². The van der Waals surface area contributed by atoms with E-state index in [0.717, 1.165) is 24.7 Å². The maximum Gasteiger partial charge on any atom is 0.422 e.